The van der Waals surface area contributed by atoms with Gasteiger partial charge < -0.3 is 0 Å². The van der Waals surface area contributed by atoms with E-state index in [1.54, 1.807) is 48.5 Å². The summed E-state index contributed by atoms with van der Waals surface area (Å²) in [6, 6.07) is 35.8. The first-order valence-electron chi connectivity index (χ1n) is 23.2. The maximum absolute atomic E-state index is 14.2. The Morgan fingerprint density at radius 1 is 0.297 bits per heavy atom. The number of rotatable bonds is 8. The molecule has 0 saturated heterocycles. The molecule has 6 aromatic rings. The minimum absolute atomic E-state index is 0.150. The van der Waals surface area contributed by atoms with Crippen molar-refractivity contribution in [3.63, 3.8) is 0 Å². The van der Waals surface area contributed by atoms with Crippen molar-refractivity contribution in [2.75, 3.05) is 0 Å². The van der Waals surface area contributed by atoms with Gasteiger partial charge in [0, 0.05) is 22.3 Å². The molecular weight excluding hydrogens is 785 g/mol. The number of ketones is 4. The van der Waals surface area contributed by atoms with Crippen LogP contribution in [0.2, 0.25) is 0 Å². The number of hydrogen-bond acceptors (Lipinski definition) is 4. The number of fused-ring (bicyclic) bond motifs is 2. The molecule has 324 valence electrons. The summed E-state index contributed by atoms with van der Waals surface area (Å²) in [4.78, 5) is 56.7. The normalized spacial score (nSPS) is 14.5. The minimum Gasteiger partial charge on any atom is -0.288 e. The van der Waals surface area contributed by atoms with E-state index in [9.17, 15) is 19.2 Å². The Bertz CT molecular complexity index is 2840. The van der Waals surface area contributed by atoms with Crippen molar-refractivity contribution in [2.45, 2.75) is 119 Å². The average Bonchev–Trinajstić information content (AvgIpc) is 3.68. The van der Waals surface area contributed by atoms with Gasteiger partial charge >= 0.3 is 0 Å². The summed E-state index contributed by atoms with van der Waals surface area (Å²) in [5.74, 6) is 0.174. The Morgan fingerprint density at radius 2 is 0.562 bits per heavy atom. The second-order valence-electron chi connectivity index (χ2n) is 19.8. The zero-order chi connectivity index (χ0) is 46.0. The lowest BCUT2D eigenvalue weighted by molar-refractivity contribution is 0.101. The molecule has 4 heteroatoms. The second-order valence-corrected chi connectivity index (χ2v) is 19.8. The van der Waals surface area contributed by atoms with Gasteiger partial charge in [-0.3, -0.25) is 19.2 Å². The molecule has 8 rings (SSSR count). The van der Waals surface area contributed by atoms with Gasteiger partial charge in [-0.25, -0.2) is 0 Å². The number of carbonyl (C=O) groups is 4. The van der Waals surface area contributed by atoms with Crippen molar-refractivity contribution in [1.29, 1.82) is 0 Å². The molecule has 0 saturated carbocycles. The summed E-state index contributed by atoms with van der Waals surface area (Å²) in [6.07, 6.45) is 0. The van der Waals surface area contributed by atoms with Crippen LogP contribution >= 0.6 is 0 Å². The zero-order valence-corrected chi connectivity index (χ0v) is 39.5. The van der Waals surface area contributed by atoms with E-state index in [0.29, 0.717) is 44.5 Å². The lowest BCUT2D eigenvalue weighted by Crippen LogP contribution is -2.16. The summed E-state index contributed by atoms with van der Waals surface area (Å²) >= 11 is 0. The van der Waals surface area contributed by atoms with Crippen molar-refractivity contribution >= 4 is 34.3 Å². The molecule has 0 aliphatic heterocycles. The van der Waals surface area contributed by atoms with E-state index in [1.807, 2.05) is 12.1 Å². The van der Waals surface area contributed by atoms with Crippen LogP contribution in [-0.2, 0) is 0 Å². The van der Waals surface area contributed by atoms with Crippen LogP contribution < -0.4 is 10.4 Å². The number of benzene rings is 6. The summed E-state index contributed by atoms with van der Waals surface area (Å²) in [5, 5.41) is 3.06. The van der Waals surface area contributed by atoms with Crippen molar-refractivity contribution in [2.24, 2.45) is 0 Å². The van der Waals surface area contributed by atoms with E-state index in [-0.39, 0.29) is 58.0 Å². The maximum atomic E-state index is 14.2. The number of carbonyl (C=O) groups excluding carboxylic acids is 4. The molecule has 0 bridgehead atoms. The monoisotopic (exact) mass is 844 g/mol. The van der Waals surface area contributed by atoms with Gasteiger partial charge in [0.1, 0.15) is 0 Å². The molecule has 0 aromatic heterocycles. The third-order valence-corrected chi connectivity index (χ3v) is 13.5. The lowest BCUT2D eigenvalue weighted by Gasteiger charge is -2.25. The third kappa shape index (κ3) is 7.45. The van der Waals surface area contributed by atoms with Crippen LogP contribution in [0.3, 0.4) is 0 Å². The van der Waals surface area contributed by atoms with Crippen molar-refractivity contribution in [3.05, 3.63) is 186 Å². The van der Waals surface area contributed by atoms with Crippen LogP contribution in [0.1, 0.15) is 193 Å². The van der Waals surface area contributed by atoms with Crippen LogP contribution in [-0.4, -0.2) is 23.1 Å². The second kappa shape index (κ2) is 17.0. The fraction of sp³-hybridized carbons (Fsp3) is 0.300. The van der Waals surface area contributed by atoms with Gasteiger partial charge in [0.05, 0.1) is 11.1 Å². The average molecular weight is 845 g/mol. The third-order valence-electron chi connectivity index (χ3n) is 13.5. The standard InChI is InChI=1S/C60H60O4/c1-31(2)39-27-47(33(5)6)55(48(28-39)34(7)8)51-25-37(53-57(61)43-17-13-14-18-44(43)58(53)62)21-23-41(51)42-24-22-38(54-59(63)45-19-15-16-20-46(45)60(54)64)26-52(42)56-49(35(9)10)29-40(32(3)4)30-50(56)36(11)12/h13-36H,1-12H3/b42-41+. The predicted octanol–water partition coefficient (Wildman–Crippen LogP) is 13.5. The molecule has 0 N–H and O–H groups in total. The highest BCUT2D eigenvalue weighted by Gasteiger charge is 2.35. The zero-order valence-electron chi connectivity index (χ0n) is 39.5. The molecule has 0 unspecified atom stereocenters. The lowest BCUT2D eigenvalue weighted by atomic mass is 9.79. The molecule has 2 aliphatic carbocycles. The molecule has 2 aliphatic rings. The first-order valence-corrected chi connectivity index (χ1v) is 23.2. The Morgan fingerprint density at radius 3 is 0.797 bits per heavy atom. The summed E-state index contributed by atoms with van der Waals surface area (Å²) in [7, 11) is 0. The summed E-state index contributed by atoms with van der Waals surface area (Å²) in [5.41, 5.74) is 13.5. The minimum atomic E-state index is -0.259. The van der Waals surface area contributed by atoms with E-state index in [1.165, 1.54) is 33.4 Å². The first kappa shape index (κ1) is 44.4. The molecule has 0 amide bonds. The molecule has 4 nitrogen and oxygen atoms in total. The van der Waals surface area contributed by atoms with Crippen LogP contribution in [0, 0.1) is 10.4 Å². The molecule has 0 fully saturated rings. The van der Waals surface area contributed by atoms with Gasteiger partial charge in [-0.2, -0.15) is 0 Å². The van der Waals surface area contributed by atoms with E-state index in [4.69, 9.17) is 0 Å². The highest BCUT2D eigenvalue weighted by atomic mass is 16.2. The van der Waals surface area contributed by atoms with Crippen molar-refractivity contribution in [1.82, 2.24) is 0 Å². The van der Waals surface area contributed by atoms with Gasteiger partial charge in [0.25, 0.3) is 0 Å². The fourth-order valence-corrected chi connectivity index (χ4v) is 9.84. The Balaban J connectivity index is 1.64. The molecule has 0 atom stereocenters. The Kier molecular flexibility index (Phi) is 11.8. The van der Waals surface area contributed by atoms with Crippen LogP contribution in [0.5, 0.6) is 0 Å². The molecule has 0 heterocycles. The van der Waals surface area contributed by atoms with Gasteiger partial charge in [0.15, 0.2) is 23.1 Å². The maximum Gasteiger partial charge on any atom is 0.198 e. The Hall–Kier alpha value is -6.26. The summed E-state index contributed by atoms with van der Waals surface area (Å²) < 4.78 is 0. The van der Waals surface area contributed by atoms with Crippen molar-refractivity contribution < 1.29 is 19.2 Å². The predicted molar refractivity (Wildman–Crippen MR) is 262 cm³/mol. The fourth-order valence-electron chi connectivity index (χ4n) is 9.84. The quantitative estimate of drug-likeness (QED) is 0.153. The summed E-state index contributed by atoms with van der Waals surface area (Å²) in [6.45, 7) is 26.8. The van der Waals surface area contributed by atoms with E-state index in [2.05, 4.69) is 132 Å². The SMILES string of the molecule is CC(C)c1cc(C(C)C)c(-c2cc(=C3C(=O)c4ccccc4C3=O)cc/c2=c2/ccc(=C3C(=O)c4ccccc4C3=O)cc2-c2c(C(C)C)cc(C(C)C)cc2C(C)C)c(C(C)C)c1. The first-order chi connectivity index (χ1) is 30.4. The van der Waals surface area contributed by atoms with E-state index in [0.717, 1.165) is 32.7 Å². The largest absolute Gasteiger partial charge is 0.288 e. The molecule has 0 spiro atoms. The van der Waals surface area contributed by atoms with Gasteiger partial charge in [-0.1, -0.05) is 180 Å². The van der Waals surface area contributed by atoms with Crippen molar-refractivity contribution in [3.8, 4) is 22.3 Å². The van der Waals surface area contributed by atoms with Gasteiger partial charge in [-0.15, -0.1) is 0 Å². The molecule has 6 aromatic carbocycles. The Labute approximate surface area is 378 Å². The van der Waals surface area contributed by atoms with Gasteiger partial charge in [-0.05, 0) is 124 Å². The van der Waals surface area contributed by atoms with E-state index >= 15 is 0 Å². The van der Waals surface area contributed by atoms with Crippen LogP contribution in [0.15, 0.2) is 109 Å². The smallest absolute Gasteiger partial charge is 0.198 e. The topological polar surface area (TPSA) is 68.3 Å². The highest BCUT2D eigenvalue weighted by molar-refractivity contribution is 6.56. The molecule has 64 heavy (non-hydrogen) atoms. The van der Waals surface area contributed by atoms with Crippen LogP contribution in [0.25, 0.3) is 33.4 Å². The van der Waals surface area contributed by atoms with E-state index < -0.39 is 0 Å². The molecular formula is C60H60O4. The highest BCUT2D eigenvalue weighted by Crippen LogP contribution is 2.42. The number of Topliss-reactive ketones (excluding diaryl/α,β-unsaturated/α-hetero) is 4. The number of hydrogen-bond donors (Lipinski definition) is 0. The van der Waals surface area contributed by atoms with Gasteiger partial charge in [0.2, 0.25) is 0 Å². The molecule has 0 radical (unpaired) electrons. The van der Waals surface area contributed by atoms with Crippen LogP contribution in [0.4, 0.5) is 0 Å².